The van der Waals surface area contributed by atoms with Crippen molar-refractivity contribution in [3.8, 4) is 0 Å². The molecule has 0 fully saturated rings. The van der Waals surface area contributed by atoms with Gasteiger partial charge in [-0.15, -0.1) is 0 Å². The number of unbranched alkanes of at least 4 members (excludes halogenated alkanes) is 1. The highest BCUT2D eigenvalue weighted by Crippen LogP contribution is 2.20. The van der Waals surface area contributed by atoms with Gasteiger partial charge in [0.25, 0.3) is 0 Å². The van der Waals surface area contributed by atoms with Crippen molar-refractivity contribution in [2.45, 2.75) is 46.1 Å². The highest BCUT2D eigenvalue weighted by molar-refractivity contribution is 5.80. The molecule has 0 saturated carbocycles. The number of carbonyl (C=O) groups is 1. The van der Waals surface area contributed by atoms with E-state index in [1.54, 1.807) is 6.92 Å². The third kappa shape index (κ3) is 5.34. The molecule has 1 atom stereocenters. The monoisotopic (exact) mass is 274 g/mol. The van der Waals surface area contributed by atoms with E-state index in [0.717, 1.165) is 30.4 Å². The zero-order valence-corrected chi connectivity index (χ0v) is 12.4. The number of nitrogens with zero attached hydrogens (tertiary/aromatic N) is 2. The van der Waals surface area contributed by atoms with Crippen molar-refractivity contribution in [2.24, 2.45) is 5.11 Å². The lowest BCUT2D eigenvalue weighted by molar-refractivity contribution is -0.460. The molecule has 0 N–H and O–H groups in total. The van der Waals surface area contributed by atoms with E-state index >= 15 is 0 Å². The summed E-state index contributed by atoms with van der Waals surface area (Å²) < 4.78 is 0. The average molecular weight is 274 g/mol. The average Bonchev–Trinajstić information content (AvgIpc) is 2.44. The van der Waals surface area contributed by atoms with Crippen LogP contribution in [0.1, 0.15) is 45.6 Å². The Balaban J connectivity index is 2.98. The van der Waals surface area contributed by atoms with Gasteiger partial charge in [-0.1, -0.05) is 48.5 Å². The van der Waals surface area contributed by atoms with Gasteiger partial charge in [0.2, 0.25) is 6.20 Å². The quantitative estimate of drug-likeness (QED) is 0.426. The van der Waals surface area contributed by atoms with Crippen LogP contribution in [-0.4, -0.2) is 16.7 Å². The second-order valence-electron chi connectivity index (χ2n) is 4.83. The number of rotatable bonds is 7. The van der Waals surface area contributed by atoms with E-state index in [4.69, 9.17) is 0 Å². The molecule has 0 saturated heterocycles. The van der Waals surface area contributed by atoms with E-state index < -0.39 is 6.04 Å². The van der Waals surface area contributed by atoms with Crippen LogP contribution in [-0.2, 0) is 4.79 Å². The van der Waals surface area contributed by atoms with E-state index in [9.17, 15) is 10.0 Å². The van der Waals surface area contributed by atoms with E-state index in [1.165, 1.54) is 13.1 Å². The Labute approximate surface area is 120 Å². The topological polar surface area (TPSA) is 55.5 Å². The van der Waals surface area contributed by atoms with Crippen LogP contribution >= 0.6 is 0 Å². The number of hydrogen-bond donors (Lipinski definition) is 0. The molecule has 0 aliphatic heterocycles. The van der Waals surface area contributed by atoms with Crippen molar-refractivity contribution in [3.05, 3.63) is 47.3 Å². The minimum atomic E-state index is -0.605. The molecule has 4 heteroatoms. The summed E-state index contributed by atoms with van der Waals surface area (Å²) in [5.41, 5.74) is 1.97. The number of Topliss-reactive ketones (excluding diaryl/α,β-unsaturated/α-hetero) is 1. The lowest BCUT2D eigenvalue weighted by Gasteiger charge is -2.06. The second kappa shape index (κ2) is 8.25. The van der Waals surface area contributed by atoms with Gasteiger partial charge in [-0.25, -0.2) is 0 Å². The molecule has 1 rings (SSSR count). The minimum absolute atomic E-state index is 0.117. The summed E-state index contributed by atoms with van der Waals surface area (Å²) in [4.78, 5) is 11.6. The predicted molar refractivity (Wildman–Crippen MR) is 80.1 cm³/mol. The van der Waals surface area contributed by atoms with Gasteiger partial charge in [0.1, 0.15) is 0 Å². The third-order valence-corrected chi connectivity index (χ3v) is 3.09. The molecule has 1 aromatic carbocycles. The maximum Gasteiger partial charge on any atom is 0.213 e. The van der Waals surface area contributed by atoms with Crippen LogP contribution in [0.3, 0.4) is 0 Å². The Hall–Kier alpha value is -1.97. The highest BCUT2D eigenvalue weighted by atomic mass is 16.5. The number of azo groups is 1. The molecule has 1 aromatic rings. The fraction of sp³-hybridized carbons (Fsp3) is 0.438. The molecule has 0 bridgehead atoms. The van der Waals surface area contributed by atoms with Crippen LogP contribution in [0.5, 0.6) is 0 Å². The van der Waals surface area contributed by atoms with Gasteiger partial charge in [-0.2, -0.15) is 0 Å². The van der Waals surface area contributed by atoms with E-state index in [2.05, 4.69) is 12.0 Å². The molecule has 0 aromatic heterocycles. The summed E-state index contributed by atoms with van der Waals surface area (Å²) in [7, 11) is 0. The molecular weight excluding hydrogens is 252 g/mol. The lowest BCUT2D eigenvalue weighted by atomic mass is 10.0. The number of ketones is 1. The predicted octanol–water partition coefficient (Wildman–Crippen LogP) is 4.16. The molecule has 20 heavy (non-hydrogen) atoms. The molecular formula is C16H22N2O2. The normalized spacial score (nSPS) is 14.2. The van der Waals surface area contributed by atoms with Crippen molar-refractivity contribution >= 4 is 11.4 Å². The van der Waals surface area contributed by atoms with E-state index in [-0.39, 0.29) is 5.78 Å². The maximum atomic E-state index is 11.8. The molecule has 0 heterocycles. The minimum Gasteiger partial charge on any atom is -0.595 e. The molecule has 0 spiro atoms. The summed E-state index contributed by atoms with van der Waals surface area (Å²) in [6.07, 6.45) is 4.37. The number of hydrogen-bond acceptors (Lipinski definition) is 3. The SMILES string of the molecule is CCCC/C(=C/[N+]([O-])=N[C@@H](C)C(C)=O)c1ccccc1. The highest BCUT2D eigenvalue weighted by Gasteiger charge is 2.10. The summed E-state index contributed by atoms with van der Waals surface area (Å²) in [6.45, 7) is 5.16. The second-order valence-corrected chi connectivity index (χ2v) is 4.83. The first-order valence-corrected chi connectivity index (χ1v) is 6.98. The van der Waals surface area contributed by atoms with Gasteiger partial charge in [-0.3, -0.25) is 4.79 Å². The van der Waals surface area contributed by atoms with Gasteiger partial charge in [0.05, 0.1) is 0 Å². The zero-order chi connectivity index (χ0) is 15.0. The number of benzene rings is 1. The van der Waals surface area contributed by atoms with Crippen LogP contribution in [0.4, 0.5) is 0 Å². The van der Waals surface area contributed by atoms with Crippen molar-refractivity contribution < 1.29 is 9.66 Å². The van der Waals surface area contributed by atoms with Gasteiger partial charge in [0, 0.05) is 5.57 Å². The Morgan fingerprint density at radius 3 is 2.60 bits per heavy atom. The standard InChI is InChI=1S/C16H22N2O2/c1-4-5-9-16(15-10-7-6-8-11-15)12-18(20)17-13(2)14(3)19/h6-8,10-13H,4-5,9H2,1-3H3/b16-12-,18-17?/t13-/m0/s1. The summed E-state index contributed by atoms with van der Waals surface area (Å²) >= 11 is 0. The first kappa shape index (κ1) is 16.1. The molecule has 0 radical (unpaired) electrons. The van der Waals surface area contributed by atoms with E-state index in [0.29, 0.717) is 4.86 Å². The smallest absolute Gasteiger partial charge is 0.213 e. The van der Waals surface area contributed by atoms with Gasteiger partial charge >= 0.3 is 0 Å². The van der Waals surface area contributed by atoms with Gasteiger partial charge in [-0.05, 0) is 37.4 Å². The Morgan fingerprint density at radius 1 is 1.40 bits per heavy atom. The maximum absolute atomic E-state index is 11.8. The first-order valence-electron chi connectivity index (χ1n) is 6.98. The summed E-state index contributed by atoms with van der Waals surface area (Å²) in [5, 5.41) is 15.6. The van der Waals surface area contributed by atoms with Crippen LogP contribution in [0.2, 0.25) is 0 Å². The van der Waals surface area contributed by atoms with Crippen molar-refractivity contribution in [3.63, 3.8) is 0 Å². The molecule has 4 nitrogen and oxygen atoms in total. The Bertz CT molecular complexity index is 492. The Kier molecular flexibility index (Phi) is 6.64. The van der Waals surface area contributed by atoms with Gasteiger partial charge < -0.3 is 5.21 Å². The lowest BCUT2D eigenvalue weighted by Crippen LogP contribution is -2.12. The molecule has 0 amide bonds. The van der Waals surface area contributed by atoms with Crippen LogP contribution in [0.25, 0.3) is 5.57 Å². The van der Waals surface area contributed by atoms with Crippen LogP contribution in [0, 0.1) is 5.21 Å². The first-order chi connectivity index (χ1) is 9.54. The molecule has 0 unspecified atom stereocenters. The van der Waals surface area contributed by atoms with Crippen molar-refractivity contribution in [2.75, 3.05) is 0 Å². The Morgan fingerprint density at radius 2 is 2.05 bits per heavy atom. The molecule has 0 aliphatic rings. The number of allylic oxidation sites excluding steroid dienone is 1. The number of carbonyl (C=O) groups excluding carboxylic acids is 1. The fourth-order valence-corrected chi connectivity index (χ4v) is 1.72. The summed E-state index contributed by atoms with van der Waals surface area (Å²) in [6, 6.07) is 9.18. The van der Waals surface area contributed by atoms with Crippen LogP contribution in [0.15, 0.2) is 41.6 Å². The van der Waals surface area contributed by atoms with Crippen molar-refractivity contribution in [1.82, 2.24) is 0 Å². The van der Waals surface area contributed by atoms with E-state index in [1.807, 2.05) is 30.3 Å². The van der Waals surface area contributed by atoms with Crippen molar-refractivity contribution in [1.29, 1.82) is 0 Å². The molecule has 0 aliphatic carbocycles. The zero-order valence-electron chi connectivity index (χ0n) is 12.4. The fourth-order valence-electron chi connectivity index (χ4n) is 1.72. The summed E-state index contributed by atoms with van der Waals surface area (Å²) in [5.74, 6) is -0.117. The van der Waals surface area contributed by atoms with Gasteiger partial charge in [0.15, 0.2) is 11.8 Å². The molecule has 108 valence electrons. The largest absolute Gasteiger partial charge is 0.595 e. The number of hydroxylamine groups is 1. The third-order valence-electron chi connectivity index (χ3n) is 3.09. The van der Waals surface area contributed by atoms with Crippen LogP contribution < -0.4 is 0 Å².